The second-order valence-corrected chi connectivity index (χ2v) is 9.44. The summed E-state index contributed by atoms with van der Waals surface area (Å²) in [5.41, 5.74) is 4.18. The van der Waals surface area contributed by atoms with E-state index >= 15 is 0 Å². The molecule has 0 N–H and O–H groups in total. The fourth-order valence-corrected chi connectivity index (χ4v) is 4.70. The van der Waals surface area contributed by atoms with Crippen LogP contribution in [0.1, 0.15) is 50.2 Å². The minimum absolute atomic E-state index is 0.0188. The first kappa shape index (κ1) is 23.8. The summed E-state index contributed by atoms with van der Waals surface area (Å²) in [4.78, 5) is 30.2. The van der Waals surface area contributed by atoms with Crippen LogP contribution in [0.3, 0.4) is 0 Å². The Labute approximate surface area is 201 Å². The van der Waals surface area contributed by atoms with E-state index in [9.17, 15) is 14.9 Å². The van der Waals surface area contributed by atoms with Gasteiger partial charge in [0.2, 0.25) is 5.91 Å². The molecule has 0 atom stereocenters. The normalized spacial score (nSPS) is 17.0. The molecule has 2 aromatic carbocycles. The van der Waals surface area contributed by atoms with E-state index in [0.717, 1.165) is 37.2 Å². The number of nitro groups is 1. The van der Waals surface area contributed by atoms with E-state index < -0.39 is 0 Å². The minimum Gasteiger partial charge on any atom is -0.368 e. The van der Waals surface area contributed by atoms with Crippen LogP contribution in [0.15, 0.2) is 48.5 Å². The van der Waals surface area contributed by atoms with Crippen LogP contribution in [0.2, 0.25) is 0 Å². The maximum Gasteiger partial charge on any atom is 0.292 e. The molecule has 0 radical (unpaired) electrons. The predicted molar refractivity (Wildman–Crippen MR) is 138 cm³/mol. The predicted octanol–water partition coefficient (Wildman–Crippen LogP) is 5.07. The van der Waals surface area contributed by atoms with Gasteiger partial charge in [0.1, 0.15) is 5.69 Å². The minimum atomic E-state index is -0.285. The zero-order valence-electron chi connectivity index (χ0n) is 20.2. The van der Waals surface area contributed by atoms with Gasteiger partial charge < -0.3 is 14.7 Å². The summed E-state index contributed by atoms with van der Waals surface area (Å²) in [6.07, 6.45) is 6.84. The summed E-state index contributed by atoms with van der Waals surface area (Å²) in [7, 11) is 0. The zero-order chi connectivity index (χ0) is 24.1. The van der Waals surface area contributed by atoms with Crippen molar-refractivity contribution in [2.75, 3.05) is 49.1 Å². The molecule has 34 heavy (non-hydrogen) atoms. The van der Waals surface area contributed by atoms with Gasteiger partial charge >= 0.3 is 0 Å². The standard InChI is InChI=1S/C27H34N4O3/c1-21(2)23-9-6-22(7-10-23)8-13-27(32)30-18-16-28(17-19-30)24-11-12-25(31(33)34)26(20-24)29-14-4-3-5-15-29/h6-13,20-21H,3-5,14-19H2,1-2H3. The molecule has 0 bridgehead atoms. The Balaban J connectivity index is 1.38. The summed E-state index contributed by atoms with van der Waals surface area (Å²) >= 11 is 0. The van der Waals surface area contributed by atoms with Crippen molar-refractivity contribution in [2.24, 2.45) is 0 Å². The first-order chi connectivity index (χ1) is 16.4. The Bertz CT molecular complexity index is 1030. The van der Waals surface area contributed by atoms with Gasteiger partial charge in [-0.05, 0) is 54.5 Å². The SMILES string of the molecule is CC(C)c1ccc(C=CC(=O)N2CCN(c3ccc([N+](=O)[O-])c(N4CCCCC4)c3)CC2)cc1. The molecule has 180 valence electrons. The van der Waals surface area contributed by atoms with Crippen LogP contribution in [0, 0.1) is 10.1 Å². The number of rotatable bonds is 6. The summed E-state index contributed by atoms with van der Waals surface area (Å²) in [6.45, 7) is 8.73. The highest BCUT2D eigenvalue weighted by molar-refractivity contribution is 5.92. The summed E-state index contributed by atoms with van der Waals surface area (Å²) < 4.78 is 0. The number of amides is 1. The van der Waals surface area contributed by atoms with Crippen LogP contribution in [-0.4, -0.2) is 55.0 Å². The number of hydrogen-bond donors (Lipinski definition) is 0. The number of piperidine rings is 1. The number of carbonyl (C=O) groups is 1. The van der Waals surface area contributed by atoms with Crippen LogP contribution in [0.4, 0.5) is 17.1 Å². The maximum atomic E-state index is 12.7. The molecule has 4 rings (SSSR count). The zero-order valence-corrected chi connectivity index (χ0v) is 20.2. The van der Waals surface area contributed by atoms with Crippen molar-refractivity contribution in [2.45, 2.75) is 39.0 Å². The third-order valence-electron chi connectivity index (χ3n) is 6.83. The van der Waals surface area contributed by atoms with E-state index in [2.05, 4.69) is 35.8 Å². The highest BCUT2D eigenvalue weighted by Crippen LogP contribution is 2.34. The lowest BCUT2D eigenvalue weighted by Crippen LogP contribution is -2.48. The van der Waals surface area contributed by atoms with E-state index in [4.69, 9.17) is 0 Å². The molecule has 7 heteroatoms. The molecule has 2 heterocycles. The van der Waals surface area contributed by atoms with Gasteiger partial charge in [-0.15, -0.1) is 0 Å². The molecule has 0 aliphatic carbocycles. The van der Waals surface area contributed by atoms with Crippen molar-refractivity contribution in [3.8, 4) is 0 Å². The van der Waals surface area contributed by atoms with Crippen LogP contribution in [0.5, 0.6) is 0 Å². The lowest BCUT2D eigenvalue weighted by molar-refractivity contribution is -0.384. The number of benzene rings is 2. The number of piperazine rings is 1. The van der Waals surface area contributed by atoms with Crippen LogP contribution < -0.4 is 9.80 Å². The molecular formula is C27H34N4O3. The van der Waals surface area contributed by atoms with Gasteiger partial charge in [0.25, 0.3) is 5.69 Å². The molecule has 2 aromatic rings. The van der Waals surface area contributed by atoms with Gasteiger partial charge in [0.15, 0.2) is 0 Å². The molecule has 2 fully saturated rings. The van der Waals surface area contributed by atoms with Gasteiger partial charge in [-0.25, -0.2) is 0 Å². The second kappa shape index (κ2) is 10.7. The van der Waals surface area contributed by atoms with Crippen LogP contribution in [-0.2, 0) is 4.79 Å². The van der Waals surface area contributed by atoms with E-state index in [-0.39, 0.29) is 16.5 Å². The van der Waals surface area contributed by atoms with E-state index in [1.165, 1.54) is 12.0 Å². The van der Waals surface area contributed by atoms with E-state index in [1.807, 2.05) is 35.2 Å². The van der Waals surface area contributed by atoms with Crippen LogP contribution in [0.25, 0.3) is 6.08 Å². The van der Waals surface area contributed by atoms with Crippen molar-refractivity contribution in [1.82, 2.24) is 4.90 Å². The molecule has 0 aromatic heterocycles. The van der Waals surface area contributed by atoms with Gasteiger partial charge in [0, 0.05) is 57.1 Å². The Morgan fingerprint density at radius 3 is 2.21 bits per heavy atom. The lowest BCUT2D eigenvalue weighted by atomic mass is 10.0. The third-order valence-corrected chi connectivity index (χ3v) is 6.83. The molecular weight excluding hydrogens is 428 g/mol. The second-order valence-electron chi connectivity index (χ2n) is 9.44. The highest BCUT2D eigenvalue weighted by Gasteiger charge is 2.25. The average Bonchev–Trinajstić information content (AvgIpc) is 2.87. The average molecular weight is 463 g/mol. The third kappa shape index (κ3) is 5.58. The van der Waals surface area contributed by atoms with Crippen molar-refractivity contribution in [3.05, 3.63) is 69.8 Å². The maximum absolute atomic E-state index is 12.7. The van der Waals surface area contributed by atoms with Crippen molar-refractivity contribution < 1.29 is 9.72 Å². The van der Waals surface area contributed by atoms with Crippen molar-refractivity contribution in [3.63, 3.8) is 0 Å². The quantitative estimate of drug-likeness (QED) is 0.341. The Morgan fingerprint density at radius 2 is 1.59 bits per heavy atom. The van der Waals surface area contributed by atoms with E-state index in [1.54, 1.807) is 12.1 Å². The Morgan fingerprint density at radius 1 is 0.912 bits per heavy atom. The summed E-state index contributed by atoms with van der Waals surface area (Å²) in [5.74, 6) is 0.507. The number of carbonyl (C=O) groups excluding carboxylic acids is 1. The van der Waals surface area contributed by atoms with Crippen molar-refractivity contribution in [1.29, 1.82) is 0 Å². The number of anilines is 2. The van der Waals surface area contributed by atoms with Crippen LogP contribution >= 0.6 is 0 Å². The van der Waals surface area contributed by atoms with Gasteiger partial charge in [-0.2, -0.15) is 0 Å². The number of nitrogens with zero attached hydrogens (tertiary/aromatic N) is 4. The van der Waals surface area contributed by atoms with Gasteiger partial charge in [-0.3, -0.25) is 14.9 Å². The number of nitro benzene ring substituents is 1. The molecule has 7 nitrogen and oxygen atoms in total. The molecule has 1 amide bonds. The lowest BCUT2D eigenvalue weighted by Gasteiger charge is -2.36. The topological polar surface area (TPSA) is 69.9 Å². The monoisotopic (exact) mass is 462 g/mol. The molecule has 2 aliphatic rings. The first-order valence-electron chi connectivity index (χ1n) is 12.3. The van der Waals surface area contributed by atoms with Gasteiger partial charge in [0.05, 0.1) is 4.92 Å². The summed E-state index contributed by atoms with van der Waals surface area (Å²) in [6, 6.07) is 13.7. The number of hydrogen-bond acceptors (Lipinski definition) is 5. The fourth-order valence-electron chi connectivity index (χ4n) is 4.70. The molecule has 2 saturated heterocycles. The van der Waals surface area contributed by atoms with Crippen molar-refractivity contribution >= 4 is 29.0 Å². The molecule has 0 spiro atoms. The molecule has 0 saturated carbocycles. The van der Waals surface area contributed by atoms with Gasteiger partial charge in [-0.1, -0.05) is 38.1 Å². The van der Waals surface area contributed by atoms with E-state index in [0.29, 0.717) is 37.8 Å². The smallest absolute Gasteiger partial charge is 0.292 e. The molecule has 2 aliphatic heterocycles. The highest BCUT2D eigenvalue weighted by atomic mass is 16.6. The Kier molecular flexibility index (Phi) is 7.50. The summed E-state index contributed by atoms with van der Waals surface area (Å²) in [5, 5.41) is 11.6. The Hall–Kier alpha value is -3.35. The fraction of sp³-hybridized carbons (Fsp3) is 0.444. The first-order valence-corrected chi connectivity index (χ1v) is 12.3. The largest absolute Gasteiger partial charge is 0.368 e. The molecule has 0 unspecified atom stereocenters.